The molecule has 2 heterocycles. The van der Waals surface area contributed by atoms with Gasteiger partial charge in [-0.3, -0.25) is 4.79 Å². The standard InChI is InChI=1S/C14H13F3N4O/c1-9-18-19-12-8-20(6-7-21(9)12)13(22)10-2-4-11(5-3-10)14(15,16)17/h2-5H,6-8H2,1H3. The van der Waals surface area contributed by atoms with Gasteiger partial charge >= 0.3 is 6.18 Å². The fraction of sp³-hybridized carbons (Fsp3) is 0.357. The van der Waals surface area contributed by atoms with Gasteiger partial charge in [0.05, 0.1) is 12.1 Å². The lowest BCUT2D eigenvalue weighted by atomic mass is 10.1. The van der Waals surface area contributed by atoms with E-state index in [-0.39, 0.29) is 11.5 Å². The maximum absolute atomic E-state index is 12.5. The molecule has 0 fully saturated rings. The van der Waals surface area contributed by atoms with Gasteiger partial charge in [0.2, 0.25) is 0 Å². The monoisotopic (exact) mass is 310 g/mol. The molecular formula is C14H13F3N4O. The van der Waals surface area contributed by atoms with Gasteiger partial charge < -0.3 is 9.47 Å². The normalized spacial score (nSPS) is 14.8. The summed E-state index contributed by atoms with van der Waals surface area (Å²) in [7, 11) is 0. The van der Waals surface area contributed by atoms with Crippen LogP contribution in [0.5, 0.6) is 0 Å². The second-order valence-corrected chi connectivity index (χ2v) is 5.12. The summed E-state index contributed by atoms with van der Waals surface area (Å²) in [4.78, 5) is 13.9. The minimum absolute atomic E-state index is 0.234. The predicted octanol–water partition coefficient (Wildman–Crippen LogP) is 2.26. The third-order valence-electron chi connectivity index (χ3n) is 3.68. The van der Waals surface area contributed by atoms with Gasteiger partial charge in [0.1, 0.15) is 5.82 Å². The zero-order chi connectivity index (χ0) is 15.9. The highest BCUT2D eigenvalue weighted by molar-refractivity contribution is 5.94. The van der Waals surface area contributed by atoms with Crippen LogP contribution >= 0.6 is 0 Å². The number of rotatable bonds is 1. The van der Waals surface area contributed by atoms with E-state index >= 15 is 0 Å². The number of aromatic nitrogens is 3. The number of hydrogen-bond donors (Lipinski definition) is 0. The number of hydrogen-bond acceptors (Lipinski definition) is 3. The van der Waals surface area contributed by atoms with E-state index in [1.165, 1.54) is 12.1 Å². The molecule has 3 rings (SSSR count). The summed E-state index contributed by atoms with van der Waals surface area (Å²) in [5.74, 6) is 1.17. The third-order valence-corrected chi connectivity index (χ3v) is 3.68. The van der Waals surface area contributed by atoms with Gasteiger partial charge in [-0.1, -0.05) is 0 Å². The molecule has 1 aromatic heterocycles. The van der Waals surface area contributed by atoms with Gasteiger partial charge in [-0.25, -0.2) is 0 Å². The van der Waals surface area contributed by atoms with Crippen molar-refractivity contribution in [2.24, 2.45) is 0 Å². The van der Waals surface area contributed by atoms with E-state index < -0.39 is 11.7 Å². The molecule has 0 radical (unpaired) electrons. The molecule has 0 atom stereocenters. The number of carbonyl (C=O) groups excluding carboxylic acids is 1. The first kappa shape index (κ1) is 14.6. The molecular weight excluding hydrogens is 297 g/mol. The van der Waals surface area contributed by atoms with Crippen molar-refractivity contribution in [2.75, 3.05) is 6.54 Å². The summed E-state index contributed by atoms with van der Waals surface area (Å²) < 4.78 is 39.5. The topological polar surface area (TPSA) is 51.0 Å². The highest BCUT2D eigenvalue weighted by atomic mass is 19.4. The molecule has 1 aromatic carbocycles. The van der Waals surface area contributed by atoms with Crippen LogP contribution in [0.4, 0.5) is 13.2 Å². The maximum Gasteiger partial charge on any atom is 0.416 e. The molecule has 0 spiro atoms. The fourth-order valence-electron chi connectivity index (χ4n) is 2.46. The molecule has 116 valence electrons. The lowest BCUT2D eigenvalue weighted by molar-refractivity contribution is -0.137. The molecule has 0 saturated heterocycles. The largest absolute Gasteiger partial charge is 0.416 e. The zero-order valence-electron chi connectivity index (χ0n) is 11.8. The van der Waals surface area contributed by atoms with Crippen molar-refractivity contribution in [3.8, 4) is 0 Å². The maximum atomic E-state index is 12.5. The molecule has 0 saturated carbocycles. The van der Waals surface area contributed by atoms with Crippen LogP contribution < -0.4 is 0 Å². The van der Waals surface area contributed by atoms with Crippen molar-refractivity contribution in [3.05, 3.63) is 47.0 Å². The van der Waals surface area contributed by atoms with Crippen LogP contribution in [-0.4, -0.2) is 32.1 Å². The van der Waals surface area contributed by atoms with Crippen molar-refractivity contribution in [2.45, 2.75) is 26.2 Å². The summed E-state index contributed by atoms with van der Waals surface area (Å²) in [5, 5.41) is 7.95. The number of carbonyl (C=O) groups is 1. The van der Waals surface area contributed by atoms with Gasteiger partial charge in [-0.05, 0) is 31.2 Å². The predicted molar refractivity (Wildman–Crippen MR) is 70.9 cm³/mol. The number of halogens is 3. The van der Waals surface area contributed by atoms with E-state index in [0.717, 1.165) is 18.0 Å². The van der Waals surface area contributed by atoms with Gasteiger partial charge in [0, 0.05) is 18.7 Å². The second-order valence-electron chi connectivity index (χ2n) is 5.12. The number of nitrogens with zero attached hydrogens (tertiary/aromatic N) is 4. The summed E-state index contributed by atoms with van der Waals surface area (Å²) in [5.41, 5.74) is -0.532. The first-order chi connectivity index (χ1) is 10.4. The number of alkyl halides is 3. The minimum atomic E-state index is -4.40. The number of benzene rings is 1. The average Bonchev–Trinajstić information content (AvgIpc) is 2.87. The quantitative estimate of drug-likeness (QED) is 0.812. The summed E-state index contributed by atoms with van der Waals surface area (Å²) >= 11 is 0. The number of fused-ring (bicyclic) bond motifs is 1. The van der Waals surface area contributed by atoms with Crippen molar-refractivity contribution in [1.29, 1.82) is 0 Å². The summed E-state index contributed by atoms with van der Waals surface area (Å²) in [6.07, 6.45) is -4.40. The van der Waals surface area contributed by atoms with E-state index in [2.05, 4.69) is 10.2 Å². The van der Waals surface area contributed by atoms with E-state index in [9.17, 15) is 18.0 Å². The molecule has 0 unspecified atom stereocenters. The average molecular weight is 310 g/mol. The molecule has 8 heteroatoms. The first-order valence-corrected chi connectivity index (χ1v) is 6.71. The molecule has 0 N–H and O–H groups in total. The van der Waals surface area contributed by atoms with Gasteiger partial charge in [0.25, 0.3) is 5.91 Å². The zero-order valence-corrected chi connectivity index (χ0v) is 11.8. The Hall–Kier alpha value is -2.38. The van der Waals surface area contributed by atoms with Crippen molar-refractivity contribution < 1.29 is 18.0 Å². The first-order valence-electron chi connectivity index (χ1n) is 6.71. The fourth-order valence-corrected chi connectivity index (χ4v) is 2.46. The van der Waals surface area contributed by atoms with Crippen LogP contribution in [0.1, 0.15) is 27.6 Å². The molecule has 5 nitrogen and oxygen atoms in total. The lowest BCUT2D eigenvalue weighted by Crippen LogP contribution is -2.38. The Morgan fingerprint density at radius 1 is 1.14 bits per heavy atom. The Morgan fingerprint density at radius 2 is 1.82 bits per heavy atom. The Morgan fingerprint density at radius 3 is 2.45 bits per heavy atom. The van der Waals surface area contributed by atoms with E-state index in [1.807, 2.05) is 11.5 Å². The van der Waals surface area contributed by atoms with Crippen LogP contribution in [0.3, 0.4) is 0 Å². The highest BCUT2D eigenvalue weighted by Gasteiger charge is 2.31. The van der Waals surface area contributed by atoms with Crippen LogP contribution in [0.2, 0.25) is 0 Å². The SMILES string of the molecule is Cc1nnc2n1CCN(C(=O)c1ccc(C(F)(F)F)cc1)C2. The van der Waals surface area contributed by atoms with Crippen molar-refractivity contribution in [1.82, 2.24) is 19.7 Å². The molecule has 0 bridgehead atoms. The Bertz CT molecular complexity index is 706. The van der Waals surface area contributed by atoms with E-state index in [0.29, 0.717) is 25.5 Å². The summed E-state index contributed by atoms with van der Waals surface area (Å²) in [6.45, 7) is 3.21. The number of aryl methyl sites for hydroxylation is 1. The number of amides is 1. The van der Waals surface area contributed by atoms with Crippen molar-refractivity contribution >= 4 is 5.91 Å². The molecule has 0 aliphatic carbocycles. The second kappa shape index (κ2) is 5.11. The lowest BCUT2D eigenvalue weighted by Gasteiger charge is -2.27. The van der Waals surface area contributed by atoms with Gasteiger partial charge in [0.15, 0.2) is 5.82 Å². The van der Waals surface area contributed by atoms with Crippen LogP contribution in [0.15, 0.2) is 24.3 Å². The molecule has 22 heavy (non-hydrogen) atoms. The molecule has 1 aliphatic rings. The van der Waals surface area contributed by atoms with Gasteiger partial charge in [-0.2, -0.15) is 13.2 Å². The summed E-state index contributed by atoms with van der Waals surface area (Å²) in [6, 6.07) is 4.25. The van der Waals surface area contributed by atoms with Crippen LogP contribution in [0.25, 0.3) is 0 Å². The Labute approximate surface area is 124 Å². The highest BCUT2D eigenvalue weighted by Crippen LogP contribution is 2.29. The Kier molecular flexibility index (Phi) is 3.38. The van der Waals surface area contributed by atoms with E-state index in [4.69, 9.17) is 0 Å². The Balaban J connectivity index is 1.78. The van der Waals surface area contributed by atoms with E-state index in [1.54, 1.807) is 4.90 Å². The minimum Gasteiger partial charge on any atom is -0.329 e. The molecule has 2 aromatic rings. The molecule has 1 aliphatic heterocycles. The van der Waals surface area contributed by atoms with Crippen LogP contribution in [0, 0.1) is 6.92 Å². The van der Waals surface area contributed by atoms with Crippen LogP contribution in [-0.2, 0) is 19.3 Å². The van der Waals surface area contributed by atoms with Crippen molar-refractivity contribution in [3.63, 3.8) is 0 Å². The smallest absolute Gasteiger partial charge is 0.329 e. The molecule has 1 amide bonds. The van der Waals surface area contributed by atoms with Gasteiger partial charge in [-0.15, -0.1) is 10.2 Å². The third kappa shape index (κ3) is 2.56.